The summed E-state index contributed by atoms with van der Waals surface area (Å²) in [4.78, 5) is 17.0. The van der Waals surface area contributed by atoms with Crippen molar-refractivity contribution in [2.45, 2.75) is 31.2 Å². The van der Waals surface area contributed by atoms with Gasteiger partial charge < -0.3 is 19.3 Å². The van der Waals surface area contributed by atoms with Crippen molar-refractivity contribution in [3.63, 3.8) is 0 Å². The van der Waals surface area contributed by atoms with E-state index in [1.54, 1.807) is 18.7 Å². The van der Waals surface area contributed by atoms with Gasteiger partial charge in [-0.15, -0.1) is 0 Å². The molecule has 26 heavy (non-hydrogen) atoms. The average molecular weight is 355 g/mol. The van der Waals surface area contributed by atoms with Crippen LogP contribution in [0.3, 0.4) is 0 Å². The van der Waals surface area contributed by atoms with Crippen molar-refractivity contribution in [3.8, 4) is 0 Å². The molecule has 2 aromatic heterocycles. The molecule has 138 valence electrons. The summed E-state index contributed by atoms with van der Waals surface area (Å²) in [7, 11) is 3.97. The Kier molecular flexibility index (Phi) is 4.74. The highest BCUT2D eigenvalue weighted by atomic mass is 16.5. The first-order chi connectivity index (χ1) is 12.6. The molecule has 7 heteroatoms. The smallest absolute Gasteiger partial charge is 0.134 e. The number of anilines is 2. The third-order valence-corrected chi connectivity index (χ3v) is 5.06. The molecule has 1 unspecified atom stereocenters. The Balaban J connectivity index is 1.33. The maximum atomic E-state index is 6.13. The van der Waals surface area contributed by atoms with E-state index in [1.165, 1.54) is 0 Å². The summed E-state index contributed by atoms with van der Waals surface area (Å²) in [6, 6.07) is 6.02. The second-order valence-corrected chi connectivity index (χ2v) is 7.30. The zero-order chi connectivity index (χ0) is 18.0. The van der Waals surface area contributed by atoms with E-state index in [1.807, 2.05) is 37.2 Å². The van der Waals surface area contributed by atoms with Crippen LogP contribution in [0.2, 0.25) is 0 Å². The maximum Gasteiger partial charge on any atom is 0.134 e. The van der Waals surface area contributed by atoms with Crippen molar-refractivity contribution in [2.24, 2.45) is 0 Å². The first kappa shape index (κ1) is 17.2. The number of rotatable bonds is 5. The predicted octanol–water partition coefficient (Wildman–Crippen LogP) is 1.89. The number of aromatic nitrogens is 3. The van der Waals surface area contributed by atoms with E-state index in [-0.39, 0.29) is 11.7 Å². The second-order valence-electron chi connectivity index (χ2n) is 7.30. The fourth-order valence-corrected chi connectivity index (χ4v) is 3.60. The average Bonchev–Trinajstić information content (AvgIpc) is 2.65. The van der Waals surface area contributed by atoms with Crippen LogP contribution in [0, 0.1) is 0 Å². The Labute approximate surface area is 154 Å². The number of hydrogen-bond donors (Lipinski definition) is 0. The molecule has 0 radical (unpaired) electrons. The van der Waals surface area contributed by atoms with Crippen molar-refractivity contribution >= 4 is 11.6 Å². The Morgan fingerprint density at radius 3 is 2.85 bits per heavy atom. The number of hydrogen-bond acceptors (Lipinski definition) is 7. The summed E-state index contributed by atoms with van der Waals surface area (Å²) >= 11 is 0. The SMILES string of the molecule is CN(C)c1cc(N2CC3(CC(OCc4ccncc4)CCO3)C2)ncn1. The van der Waals surface area contributed by atoms with Crippen molar-refractivity contribution in [3.05, 3.63) is 42.5 Å². The van der Waals surface area contributed by atoms with E-state index in [2.05, 4.69) is 19.9 Å². The molecule has 2 aliphatic heterocycles. The molecule has 2 aromatic rings. The van der Waals surface area contributed by atoms with Gasteiger partial charge in [0.1, 0.15) is 23.6 Å². The molecule has 1 atom stereocenters. The third kappa shape index (κ3) is 3.64. The van der Waals surface area contributed by atoms with Crippen LogP contribution >= 0.6 is 0 Å². The predicted molar refractivity (Wildman–Crippen MR) is 99.3 cm³/mol. The summed E-state index contributed by atoms with van der Waals surface area (Å²) in [5, 5.41) is 0. The van der Waals surface area contributed by atoms with E-state index in [9.17, 15) is 0 Å². The van der Waals surface area contributed by atoms with Gasteiger partial charge in [0.05, 0.1) is 25.8 Å². The summed E-state index contributed by atoms with van der Waals surface area (Å²) in [6.07, 6.45) is 7.35. The summed E-state index contributed by atoms with van der Waals surface area (Å²) in [6.45, 7) is 3.09. The van der Waals surface area contributed by atoms with Crippen LogP contribution in [0.5, 0.6) is 0 Å². The topological polar surface area (TPSA) is 63.6 Å². The van der Waals surface area contributed by atoms with Gasteiger partial charge in [0, 0.05) is 45.6 Å². The Bertz CT molecular complexity index is 734. The largest absolute Gasteiger partial charge is 0.373 e. The van der Waals surface area contributed by atoms with Gasteiger partial charge in [-0.05, 0) is 24.1 Å². The van der Waals surface area contributed by atoms with Gasteiger partial charge in [-0.25, -0.2) is 9.97 Å². The van der Waals surface area contributed by atoms with Crippen molar-refractivity contribution in [1.82, 2.24) is 15.0 Å². The Morgan fingerprint density at radius 1 is 1.27 bits per heavy atom. The lowest BCUT2D eigenvalue weighted by Crippen LogP contribution is -2.66. The van der Waals surface area contributed by atoms with Gasteiger partial charge >= 0.3 is 0 Å². The van der Waals surface area contributed by atoms with Gasteiger partial charge in [-0.1, -0.05) is 0 Å². The highest BCUT2D eigenvalue weighted by molar-refractivity contribution is 5.52. The van der Waals surface area contributed by atoms with Crippen LogP contribution in [0.25, 0.3) is 0 Å². The molecule has 4 heterocycles. The van der Waals surface area contributed by atoms with Gasteiger partial charge in [0.15, 0.2) is 0 Å². The number of nitrogens with zero attached hydrogens (tertiary/aromatic N) is 5. The zero-order valence-corrected chi connectivity index (χ0v) is 15.3. The molecule has 0 amide bonds. The fraction of sp³-hybridized carbons (Fsp3) is 0.526. The molecule has 0 bridgehead atoms. The summed E-state index contributed by atoms with van der Waals surface area (Å²) < 4.78 is 12.3. The van der Waals surface area contributed by atoms with Gasteiger partial charge in [-0.3, -0.25) is 4.98 Å². The first-order valence-corrected chi connectivity index (χ1v) is 9.02. The molecular formula is C19H25N5O2. The maximum absolute atomic E-state index is 6.13. The van der Waals surface area contributed by atoms with Gasteiger partial charge in [0.25, 0.3) is 0 Å². The molecular weight excluding hydrogens is 330 g/mol. The molecule has 0 N–H and O–H groups in total. The van der Waals surface area contributed by atoms with Crippen LogP contribution in [0.4, 0.5) is 11.6 Å². The Hall–Kier alpha value is -2.25. The molecule has 2 fully saturated rings. The lowest BCUT2D eigenvalue weighted by atomic mass is 9.84. The Morgan fingerprint density at radius 2 is 2.08 bits per heavy atom. The molecule has 2 saturated heterocycles. The van der Waals surface area contributed by atoms with Crippen LogP contribution in [-0.4, -0.2) is 60.4 Å². The van der Waals surface area contributed by atoms with E-state index >= 15 is 0 Å². The molecule has 0 aromatic carbocycles. The summed E-state index contributed by atoms with van der Waals surface area (Å²) in [5.74, 6) is 1.87. The highest BCUT2D eigenvalue weighted by Crippen LogP contribution is 2.37. The minimum Gasteiger partial charge on any atom is -0.373 e. The molecule has 0 aliphatic carbocycles. The van der Waals surface area contributed by atoms with Gasteiger partial charge in [-0.2, -0.15) is 0 Å². The normalized spacial score (nSPS) is 21.5. The zero-order valence-electron chi connectivity index (χ0n) is 15.3. The molecule has 0 saturated carbocycles. The highest BCUT2D eigenvalue weighted by Gasteiger charge is 2.48. The van der Waals surface area contributed by atoms with Crippen LogP contribution in [0.15, 0.2) is 36.9 Å². The molecule has 1 spiro atoms. The van der Waals surface area contributed by atoms with Crippen LogP contribution < -0.4 is 9.80 Å². The summed E-state index contributed by atoms with van der Waals surface area (Å²) in [5.41, 5.74) is 1.05. The molecule has 4 rings (SSSR count). The van der Waals surface area contributed by atoms with Crippen molar-refractivity contribution < 1.29 is 9.47 Å². The fourth-order valence-electron chi connectivity index (χ4n) is 3.60. The van der Waals surface area contributed by atoms with Crippen molar-refractivity contribution in [1.29, 1.82) is 0 Å². The number of ether oxygens (including phenoxy) is 2. The van der Waals surface area contributed by atoms with E-state index in [0.29, 0.717) is 6.61 Å². The minimum absolute atomic E-state index is 0.107. The van der Waals surface area contributed by atoms with Crippen LogP contribution in [0.1, 0.15) is 18.4 Å². The van der Waals surface area contributed by atoms with E-state index in [4.69, 9.17) is 9.47 Å². The third-order valence-electron chi connectivity index (χ3n) is 5.06. The lowest BCUT2D eigenvalue weighted by molar-refractivity contribution is -0.148. The van der Waals surface area contributed by atoms with Crippen molar-refractivity contribution in [2.75, 3.05) is 43.6 Å². The molecule has 7 nitrogen and oxygen atoms in total. The first-order valence-electron chi connectivity index (χ1n) is 9.02. The minimum atomic E-state index is -0.107. The number of pyridine rings is 1. The lowest BCUT2D eigenvalue weighted by Gasteiger charge is -2.53. The van der Waals surface area contributed by atoms with E-state index < -0.39 is 0 Å². The standard InChI is InChI=1S/C19H25N5O2/c1-23(2)17-9-18(22-14-21-17)24-12-19(13-24)10-16(5-8-26-19)25-11-15-3-6-20-7-4-15/h3-4,6-7,9,14,16H,5,8,10-13H2,1-2H3. The van der Waals surface area contributed by atoms with Gasteiger partial charge in [0.2, 0.25) is 0 Å². The quantitative estimate of drug-likeness (QED) is 0.811. The second kappa shape index (κ2) is 7.17. The van der Waals surface area contributed by atoms with Crippen LogP contribution in [-0.2, 0) is 16.1 Å². The molecule has 2 aliphatic rings. The van der Waals surface area contributed by atoms with E-state index in [0.717, 1.165) is 49.7 Å². The monoisotopic (exact) mass is 355 g/mol.